The lowest BCUT2D eigenvalue weighted by molar-refractivity contribution is -0.149. The van der Waals surface area contributed by atoms with Crippen molar-refractivity contribution in [1.29, 1.82) is 0 Å². The zero-order valence-electron chi connectivity index (χ0n) is 12.9. The van der Waals surface area contributed by atoms with Gasteiger partial charge in [0.1, 0.15) is 0 Å². The Bertz CT molecular complexity index is 329. The summed E-state index contributed by atoms with van der Waals surface area (Å²) in [7, 11) is 0. The van der Waals surface area contributed by atoms with Crippen LogP contribution in [0.5, 0.6) is 0 Å². The number of alkyl halides is 1. The lowest BCUT2D eigenvalue weighted by Gasteiger charge is -2.34. The lowest BCUT2D eigenvalue weighted by Crippen LogP contribution is -2.48. The van der Waals surface area contributed by atoms with Gasteiger partial charge in [-0.15, -0.1) is 24.0 Å². The first-order chi connectivity index (χ1) is 9.72. The molecule has 1 N–H and O–H groups in total. The number of hydrogen-bond acceptors (Lipinski definition) is 3. The van der Waals surface area contributed by atoms with Crippen molar-refractivity contribution in [2.45, 2.75) is 33.1 Å². The van der Waals surface area contributed by atoms with Crippen molar-refractivity contribution in [2.24, 2.45) is 10.9 Å². The molecule has 0 unspecified atom stereocenters. The van der Waals surface area contributed by atoms with Crippen LogP contribution in [0.2, 0.25) is 0 Å². The van der Waals surface area contributed by atoms with E-state index in [4.69, 9.17) is 4.74 Å². The van der Waals surface area contributed by atoms with E-state index in [9.17, 15) is 9.18 Å². The molecule has 124 valence electrons. The molecule has 1 saturated heterocycles. The number of carbonyl (C=O) groups excluding carboxylic acids is 1. The molecule has 0 radical (unpaired) electrons. The summed E-state index contributed by atoms with van der Waals surface area (Å²) in [6, 6.07) is 0. The van der Waals surface area contributed by atoms with Crippen LogP contribution < -0.4 is 5.32 Å². The van der Waals surface area contributed by atoms with Gasteiger partial charge >= 0.3 is 5.97 Å². The number of rotatable bonds is 6. The summed E-state index contributed by atoms with van der Waals surface area (Å²) in [4.78, 5) is 18.3. The average Bonchev–Trinajstić information content (AvgIpc) is 2.47. The van der Waals surface area contributed by atoms with Gasteiger partial charge in [-0.2, -0.15) is 0 Å². The highest BCUT2D eigenvalue weighted by Crippen LogP contribution is 2.18. The van der Waals surface area contributed by atoms with Gasteiger partial charge in [0.25, 0.3) is 0 Å². The van der Waals surface area contributed by atoms with Crippen LogP contribution in [-0.4, -0.2) is 56.3 Å². The third-order valence-corrected chi connectivity index (χ3v) is 3.23. The number of hydrogen-bond donors (Lipinski definition) is 1. The van der Waals surface area contributed by atoms with Gasteiger partial charge in [0.05, 0.1) is 19.2 Å². The summed E-state index contributed by atoms with van der Waals surface area (Å²) in [5, 5.41) is 3.20. The number of nitrogens with zero attached hydrogens (tertiary/aromatic N) is 2. The van der Waals surface area contributed by atoms with Gasteiger partial charge < -0.3 is 15.0 Å². The Kier molecular flexibility index (Phi) is 11.7. The van der Waals surface area contributed by atoms with Crippen molar-refractivity contribution in [1.82, 2.24) is 10.2 Å². The molecule has 0 aliphatic carbocycles. The number of likely N-dealkylation sites (tertiary alicyclic amines) is 1. The summed E-state index contributed by atoms with van der Waals surface area (Å²) >= 11 is 0. The van der Waals surface area contributed by atoms with Crippen molar-refractivity contribution in [2.75, 3.05) is 39.5 Å². The molecule has 21 heavy (non-hydrogen) atoms. The maximum Gasteiger partial charge on any atom is 0.310 e. The highest BCUT2D eigenvalue weighted by molar-refractivity contribution is 14.0. The fraction of sp³-hybridized carbons (Fsp3) is 0.857. The fourth-order valence-electron chi connectivity index (χ4n) is 2.29. The zero-order chi connectivity index (χ0) is 14.8. The molecule has 5 nitrogen and oxygen atoms in total. The molecule has 0 saturated carbocycles. The lowest BCUT2D eigenvalue weighted by atomic mass is 9.98. The number of aliphatic imine (C=N–C) groups is 1. The number of ether oxygens (including phenoxy) is 1. The number of halogens is 2. The van der Waals surface area contributed by atoms with Crippen molar-refractivity contribution in [3.8, 4) is 0 Å². The second-order valence-corrected chi connectivity index (χ2v) is 4.82. The molecule has 1 atom stereocenters. The average molecular weight is 415 g/mol. The van der Waals surface area contributed by atoms with Gasteiger partial charge in [-0.05, 0) is 33.1 Å². The summed E-state index contributed by atoms with van der Waals surface area (Å²) in [6.45, 7) is 6.61. The Morgan fingerprint density at radius 3 is 2.86 bits per heavy atom. The molecule has 0 spiro atoms. The molecular weight excluding hydrogens is 388 g/mol. The van der Waals surface area contributed by atoms with Gasteiger partial charge in [0, 0.05) is 26.2 Å². The first kappa shape index (κ1) is 20.4. The predicted molar refractivity (Wildman–Crippen MR) is 92.9 cm³/mol. The molecule has 0 aromatic rings. The summed E-state index contributed by atoms with van der Waals surface area (Å²) in [6.07, 6.45) is 2.24. The fourth-order valence-corrected chi connectivity index (χ4v) is 2.29. The Morgan fingerprint density at radius 1 is 1.48 bits per heavy atom. The minimum absolute atomic E-state index is 0. The van der Waals surface area contributed by atoms with Gasteiger partial charge in [-0.1, -0.05) is 0 Å². The first-order valence-corrected chi connectivity index (χ1v) is 7.48. The second-order valence-electron chi connectivity index (χ2n) is 4.82. The van der Waals surface area contributed by atoms with Gasteiger partial charge in [-0.25, -0.2) is 0 Å². The molecule has 0 aromatic heterocycles. The van der Waals surface area contributed by atoms with Crippen LogP contribution in [0.1, 0.15) is 33.1 Å². The van der Waals surface area contributed by atoms with Crippen LogP contribution in [-0.2, 0) is 9.53 Å². The Labute approximate surface area is 143 Å². The van der Waals surface area contributed by atoms with E-state index in [1.54, 1.807) is 0 Å². The van der Waals surface area contributed by atoms with Crippen molar-refractivity contribution in [3.63, 3.8) is 0 Å². The molecule has 0 amide bonds. The van der Waals surface area contributed by atoms with E-state index in [1.807, 2.05) is 13.8 Å². The van der Waals surface area contributed by atoms with Gasteiger partial charge in [0.2, 0.25) is 0 Å². The Balaban J connectivity index is 0.00000400. The third-order valence-electron chi connectivity index (χ3n) is 3.23. The SMILES string of the molecule is CCNC(=NCCCF)N1CCC[C@H](C(=O)OCC)C1.I. The number of guanidine groups is 1. The molecular formula is C14H27FIN3O2. The minimum Gasteiger partial charge on any atom is -0.466 e. The van der Waals surface area contributed by atoms with Crippen molar-refractivity contribution in [3.05, 3.63) is 0 Å². The Morgan fingerprint density at radius 2 is 2.24 bits per heavy atom. The van der Waals surface area contributed by atoms with Gasteiger partial charge in [0.15, 0.2) is 5.96 Å². The van der Waals surface area contributed by atoms with Crippen LogP contribution in [0.15, 0.2) is 4.99 Å². The monoisotopic (exact) mass is 415 g/mol. The minimum atomic E-state index is -0.353. The van der Waals surface area contributed by atoms with Crippen LogP contribution in [0.4, 0.5) is 4.39 Å². The zero-order valence-corrected chi connectivity index (χ0v) is 15.3. The number of piperidine rings is 1. The standard InChI is InChI=1S/C14H26FN3O2.HI/c1-3-16-14(17-9-6-8-15)18-10-5-7-12(11-18)13(19)20-4-2;/h12H,3-11H2,1-2H3,(H,16,17);1H/t12-;/m0./s1. The van der Waals surface area contributed by atoms with E-state index >= 15 is 0 Å². The molecule has 1 heterocycles. The smallest absolute Gasteiger partial charge is 0.310 e. The molecule has 0 aromatic carbocycles. The highest BCUT2D eigenvalue weighted by atomic mass is 127. The molecule has 0 bridgehead atoms. The van der Waals surface area contributed by atoms with Crippen LogP contribution >= 0.6 is 24.0 Å². The molecule has 1 aliphatic rings. The summed E-state index contributed by atoms with van der Waals surface area (Å²) in [5.74, 6) is 0.556. The summed E-state index contributed by atoms with van der Waals surface area (Å²) < 4.78 is 17.3. The van der Waals surface area contributed by atoms with E-state index in [2.05, 4.69) is 15.2 Å². The van der Waals surface area contributed by atoms with Crippen LogP contribution in [0, 0.1) is 5.92 Å². The normalized spacial score (nSPS) is 18.9. The Hall–Kier alpha value is -0.600. The van der Waals surface area contributed by atoms with Crippen LogP contribution in [0.25, 0.3) is 0 Å². The quantitative estimate of drug-likeness (QED) is 0.238. The molecule has 1 aliphatic heterocycles. The number of nitrogens with one attached hydrogen (secondary N) is 1. The van der Waals surface area contributed by atoms with E-state index in [-0.39, 0.29) is 42.5 Å². The van der Waals surface area contributed by atoms with E-state index in [0.29, 0.717) is 26.1 Å². The number of esters is 1. The molecule has 1 fully saturated rings. The van der Waals surface area contributed by atoms with E-state index in [1.165, 1.54) is 0 Å². The third kappa shape index (κ3) is 7.28. The predicted octanol–water partition coefficient (Wildman–Crippen LogP) is 2.20. The molecule has 7 heteroatoms. The van der Waals surface area contributed by atoms with Gasteiger partial charge in [-0.3, -0.25) is 14.2 Å². The molecule has 1 rings (SSSR count). The van der Waals surface area contributed by atoms with Crippen molar-refractivity contribution < 1.29 is 13.9 Å². The first-order valence-electron chi connectivity index (χ1n) is 7.48. The highest BCUT2D eigenvalue weighted by Gasteiger charge is 2.28. The number of carbonyl (C=O) groups is 1. The maximum atomic E-state index is 12.2. The van der Waals surface area contributed by atoms with E-state index in [0.717, 1.165) is 31.9 Å². The maximum absolute atomic E-state index is 12.2. The topological polar surface area (TPSA) is 53.9 Å². The summed E-state index contributed by atoms with van der Waals surface area (Å²) in [5.41, 5.74) is 0. The van der Waals surface area contributed by atoms with Crippen LogP contribution in [0.3, 0.4) is 0 Å². The second kappa shape index (κ2) is 12.0. The van der Waals surface area contributed by atoms with Crippen molar-refractivity contribution >= 4 is 35.9 Å². The largest absolute Gasteiger partial charge is 0.466 e. The van der Waals surface area contributed by atoms with E-state index < -0.39 is 0 Å².